The number of amides is 1. The number of aliphatic hydroxyl groups excluding tert-OH is 1. The molecule has 1 rings (SSSR count). The number of halogens is 1. The number of carbonyl (C=O) groups excluding carboxylic acids is 2. The summed E-state index contributed by atoms with van der Waals surface area (Å²) in [6.07, 6.45) is -1.05. The van der Waals surface area contributed by atoms with Gasteiger partial charge in [-0.1, -0.05) is 5.92 Å². The standard InChI is InChI=1S/C14H14BrNO4/c1-9(17)12(14(19)20-2)16-13(18)11-5-3-10(4-6-11)7-8-15/h3-6,9,12,17H,1-2H3,(H,16,18)/t9-,12+/m0/s1. The molecule has 0 saturated carbocycles. The monoisotopic (exact) mass is 339 g/mol. The van der Waals surface area contributed by atoms with Crippen LogP contribution in [0.2, 0.25) is 0 Å². The molecule has 0 fully saturated rings. The Balaban J connectivity index is 2.82. The molecule has 0 heterocycles. The summed E-state index contributed by atoms with van der Waals surface area (Å²) in [7, 11) is 1.19. The Morgan fingerprint density at radius 3 is 2.40 bits per heavy atom. The fourth-order valence-electron chi connectivity index (χ4n) is 1.49. The van der Waals surface area contributed by atoms with Gasteiger partial charge in [0.25, 0.3) is 5.91 Å². The predicted octanol–water partition coefficient (Wildman–Crippen LogP) is 1.04. The molecule has 0 bridgehead atoms. The van der Waals surface area contributed by atoms with Gasteiger partial charge >= 0.3 is 5.97 Å². The Morgan fingerprint density at radius 2 is 1.95 bits per heavy atom. The van der Waals surface area contributed by atoms with Gasteiger partial charge in [-0.25, -0.2) is 4.79 Å². The van der Waals surface area contributed by atoms with E-state index in [1.54, 1.807) is 24.3 Å². The summed E-state index contributed by atoms with van der Waals surface area (Å²) in [4.78, 5) is 26.0. The molecule has 2 atom stereocenters. The van der Waals surface area contributed by atoms with E-state index in [0.717, 1.165) is 5.56 Å². The van der Waals surface area contributed by atoms with Crippen molar-refractivity contribution in [3.05, 3.63) is 35.4 Å². The van der Waals surface area contributed by atoms with Gasteiger partial charge < -0.3 is 15.2 Å². The third-order valence-electron chi connectivity index (χ3n) is 2.56. The second kappa shape index (κ2) is 7.68. The third-order valence-corrected chi connectivity index (χ3v) is 2.76. The number of ether oxygens (including phenoxy) is 1. The Labute approximate surface area is 125 Å². The highest BCUT2D eigenvalue weighted by Crippen LogP contribution is 2.05. The molecule has 1 aromatic carbocycles. The molecular weight excluding hydrogens is 326 g/mol. The highest BCUT2D eigenvalue weighted by Gasteiger charge is 2.26. The molecule has 0 aliphatic heterocycles. The summed E-state index contributed by atoms with van der Waals surface area (Å²) in [6, 6.07) is 5.42. The van der Waals surface area contributed by atoms with Crippen LogP contribution in [-0.4, -0.2) is 36.2 Å². The highest BCUT2D eigenvalue weighted by atomic mass is 79.9. The average molecular weight is 340 g/mol. The fourth-order valence-corrected chi connectivity index (χ4v) is 1.72. The van der Waals surface area contributed by atoms with E-state index < -0.39 is 24.0 Å². The molecule has 20 heavy (non-hydrogen) atoms. The highest BCUT2D eigenvalue weighted by molar-refractivity contribution is 9.12. The summed E-state index contributed by atoms with van der Waals surface area (Å²) in [5, 5.41) is 11.9. The zero-order chi connectivity index (χ0) is 15.1. The van der Waals surface area contributed by atoms with Crippen molar-refractivity contribution in [3.8, 4) is 10.8 Å². The lowest BCUT2D eigenvalue weighted by Crippen LogP contribution is -2.48. The van der Waals surface area contributed by atoms with Crippen LogP contribution in [0.4, 0.5) is 0 Å². The summed E-state index contributed by atoms with van der Waals surface area (Å²) in [6.45, 7) is 1.40. The van der Waals surface area contributed by atoms with Crippen molar-refractivity contribution in [2.75, 3.05) is 7.11 Å². The predicted molar refractivity (Wildman–Crippen MR) is 77.2 cm³/mol. The van der Waals surface area contributed by atoms with Crippen molar-refractivity contribution in [2.45, 2.75) is 19.1 Å². The molecule has 0 aliphatic carbocycles. The molecule has 0 radical (unpaired) electrons. The van der Waals surface area contributed by atoms with Crippen LogP contribution in [0.15, 0.2) is 24.3 Å². The number of nitrogens with one attached hydrogen (secondary N) is 1. The van der Waals surface area contributed by atoms with Crippen molar-refractivity contribution < 1.29 is 19.4 Å². The van der Waals surface area contributed by atoms with Crippen LogP contribution < -0.4 is 5.32 Å². The van der Waals surface area contributed by atoms with Crippen LogP contribution >= 0.6 is 15.9 Å². The average Bonchev–Trinajstić information content (AvgIpc) is 2.44. The number of esters is 1. The van der Waals surface area contributed by atoms with E-state index in [2.05, 4.69) is 36.7 Å². The maximum absolute atomic E-state index is 12.0. The summed E-state index contributed by atoms with van der Waals surface area (Å²) in [5.74, 6) is 1.61. The van der Waals surface area contributed by atoms with Gasteiger partial charge in [0.15, 0.2) is 6.04 Å². The Hall–Kier alpha value is -1.84. The number of hydrogen-bond acceptors (Lipinski definition) is 4. The quantitative estimate of drug-likeness (QED) is 0.635. The van der Waals surface area contributed by atoms with E-state index in [4.69, 9.17) is 0 Å². The topological polar surface area (TPSA) is 75.6 Å². The number of aliphatic hydroxyl groups is 1. The molecule has 1 amide bonds. The van der Waals surface area contributed by atoms with Gasteiger partial charge in [0.2, 0.25) is 0 Å². The van der Waals surface area contributed by atoms with Crippen LogP contribution in [0.3, 0.4) is 0 Å². The number of benzene rings is 1. The van der Waals surface area contributed by atoms with Crippen molar-refractivity contribution in [3.63, 3.8) is 0 Å². The van der Waals surface area contributed by atoms with Crippen molar-refractivity contribution in [2.24, 2.45) is 0 Å². The maximum Gasteiger partial charge on any atom is 0.331 e. The minimum Gasteiger partial charge on any atom is -0.467 e. The zero-order valence-electron chi connectivity index (χ0n) is 11.0. The van der Waals surface area contributed by atoms with Gasteiger partial charge in [-0.05, 0) is 36.0 Å². The smallest absolute Gasteiger partial charge is 0.331 e. The summed E-state index contributed by atoms with van der Waals surface area (Å²) < 4.78 is 4.52. The molecule has 5 nitrogen and oxygen atoms in total. The van der Waals surface area contributed by atoms with E-state index in [1.165, 1.54) is 14.0 Å². The van der Waals surface area contributed by atoms with E-state index >= 15 is 0 Å². The first-order chi connectivity index (χ1) is 9.49. The lowest BCUT2D eigenvalue weighted by Gasteiger charge is -2.18. The van der Waals surface area contributed by atoms with E-state index in [-0.39, 0.29) is 0 Å². The molecule has 106 valence electrons. The first-order valence-corrected chi connectivity index (χ1v) is 6.57. The number of hydrogen-bond donors (Lipinski definition) is 2. The Kier molecular flexibility index (Phi) is 6.22. The van der Waals surface area contributed by atoms with Gasteiger partial charge in [0.05, 0.1) is 13.2 Å². The van der Waals surface area contributed by atoms with Gasteiger partial charge in [-0.3, -0.25) is 4.79 Å². The third kappa shape index (κ3) is 4.37. The fraction of sp³-hybridized carbons (Fsp3) is 0.286. The summed E-state index contributed by atoms with van der Waals surface area (Å²) >= 11 is 2.99. The molecule has 6 heteroatoms. The second-order valence-electron chi connectivity index (χ2n) is 4.01. The Morgan fingerprint density at radius 1 is 1.35 bits per heavy atom. The lowest BCUT2D eigenvalue weighted by molar-refractivity contribution is -0.145. The van der Waals surface area contributed by atoms with Crippen LogP contribution in [0.5, 0.6) is 0 Å². The minimum atomic E-state index is -1.10. The van der Waals surface area contributed by atoms with Crippen molar-refractivity contribution in [1.82, 2.24) is 5.32 Å². The van der Waals surface area contributed by atoms with Gasteiger partial charge in [0.1, 0.15) is 0 Å². The largest absolute Gasteiger partial charge is 0.467 e. The SMILES string of the molecule is COC(=O)[C@H](NC(=O)c1ccc(C#CBr)cc1)[C@H](C)O. The second-order valence-corrected chi connectivity index (χ2v) is 4.41. The molecule has 0 aliphatic rings. The van der Waals surface area contributed by atoms with Crippen LogP contribution in [-0.2, 0) is 9.53 Å². The van der Waals surface area contributed by atoms with Gasteiger partial charge in [-0.15, -0.1) is 0 Å². The first-order valence-electron chi connectivity index (χ1n) is 5.78. The zero-order valence-corrected chi connectivity index (χ0v) is 12.6. The van der Waals surface area contributed by atoms with Crippen LogP contribution in [0.25, 0.3) is 0 Å². The molecule has 1 aromatic rings. The van der Waals surface area contributed by atoms with Gasteiger partial charge in [-0.2, -0.15) is 0 Å². The first kappa shape index (κ1) is 16.2. The number of carbonyl (C=O) groups is 2. The molecule has 0 saturated heterocycles. The van der Waals surface area contributed by atoms with Crippen molar-refractivity contribution in [1.29, 1.82) is 0 Å². The molecule has 0 aromatic heterocycles. The minimum absolute atomic E-state index is 0.361. The molecule has 0 spiro atoms. The number of rotatable bonds is 4. The number of methoxy groups -OCH3 is 1. The van der Waals surface area contributed by atoms with Crippen LogP contribution in [0.1, 0.15) is 22.8 Å². The normalized spacial score (nSPS) is 12.6. The summed E-state index contributed by atoms with van der Waals surface area (Å²) in [5.41, 5.74) is 1.11. The molecule has 2 N–H and O–H groups in total. The molecular formula is C14H14BrNO4. The van der Waals surface area contributed by atoms with E-state index in [0.29, 0.717) is 5.56 Å². The van der Waals surface area contributed by atoms with Gasteiger partial charge in [0, 0.05) is 27.1 Å². The molecule has 0 unspecified atom stereocenters. The van der Waals surface area contributed by atoms with Crippen molar-refractivity contribution >= 4 is 27.8 Å². The van der Waals surface area contributed by atoms with E-state index in [9.17, 15) is 14.7 Å². The maximum atomic E-state index is 12.0. The van der Waals surface area contributed by atoms with E-state index in [1.807, 2.05) is 0 Å². The van der Waals surface area contributed by atoms with Crippen LogP contribution in [0, 0.1) is 10.8 Å². The lowest BCUT2D eigenvalue weighted by atomic mass is 10.1. The Bertz CT molecular complexity index is 543.